The average Bonchev–Trinajstić information content (AvgIpc) is 2.95. The normalized spacial score (nSPS) is 39.4. The molecular weight excluding hydrogens is 548 g/mol. The van der Waals surface area contributed by atoms with Crippen molar-refractivity contribution in [3.8, 4) is 0 Å². The Kier molecular flexibility index (Phi) is 15.5. The van der Waals surface area contributed by atoms with E-state index in [0.717, 1.165) is 18.7 Å². The zero-order chi connectivity index (χ0) is 32.4. The van der Waals surface area contributed by atoms with Gasteiger partial charge in [-0.3, -0.25) is 9.59 Å². The number of hydrogen-bond donors (Lipinski definition) is 2. The maximum absolute atomic E-state index is 13.3. The second-order valence-corrected chi connectivity index (χ2v) is 13.3. The summed E-state index contributed by atoms with van der Waals surface area (Å²) in [6.45, 7) is 15.4. The molecule has 1 unspecified atom stereocenters. The Labute approximate surface area is 260 Å². The predicted octanol–water partition coefficient (Wildman–Crippen LogP) is 4.21. The van der Waals surface area contributed by atoms with Crippen LogP contribution in [0.2, 0.25) is 0 Å². The third-order valence-corrected chi connectivity index (χ3v) is 9.40. The molecule has 0 aromatic heterocycles. The van der Waals surface area contributed by atoms with E-state index in [0.29, 0.717) is 25.7 Å². The minimum Gasteiger partial charge on any atom is -0.462 e. The summed E-state index contributed by atoms with van der Waals surface area (Å²) in [6, 6.07) is -0.158. The number of nitrogens with zero attached hydrogens (tertiary/aromatic N) is 2. The second kappa shape index (κ2) is 17.8. The van der Waals surface area contributed by atoms with Crippen LogP contribution in [0.3, 0.4) is 0 Å². The van der Waals surface area contributed by atoms with Gasteiger partial charge >= 0.3 is 5.97 Å². The van der Waals surface area contributed by atoms with Gasteiger partial charge < -0.3 is 34.2 Å². The molecule has 2 aliphatic heterocycles. The van der Waals surface area contributed by atoms with Crippen molar-refractivity contribution in [3.05, 3.63) is 23.8 Å². The molecule has 1 fully saturated rings. The highest BCUT2D eigenvalue weighted by atomic mass is 16.7. The number of carbonyl (C=O) groups excluding carboxylic acids is 2. The summed E-state index contributed by atoms with van der Waals surface area (Å²) < 4.78 is 18.7. The number of hydrogen-bond acceptors (Lipinski definition) is 9. The molecule has 9 heteroatoms. The van der Waals surface area contributed by atoms with Gasteiger partial charge in [-0.1, -0.05) is 52.3 Å². The van der Waals surface area contributed by atoms with Gasteiger partial charge in [0, 0.05) is 23.8 Å². The van der Waals surface area contributed by atoms with Gasteiger partial charge in [-0.25, -0.2) is 0 Å². The van der Waals surface area contributed by atoms with Crippen LogP contribution in [0.1, 0.15) is 80.6 Å². The lowest BCUT2D eigenvalue weighted by Gasteiger charge is -2.44. The molecule has 2 aliphatic rings. The van der Waals surface area contributed by atoms with Crippen LogP contribution in [0.25, 0.3) is 0 Å². The van der Waals surface area contributed by atoms with Gasteiger partial charge in [0.25, 0.3) is 0 Å². The van der Waals surface area contributed by atoms with Crippen molar-refractivity contribution in [1.82, 2.24) is 9.80 Å². The second-order valence-electron chi connectivity index (χ2n) is 13.3. The van der Waals surface area contributed by atoms with Crippen LogP contribution in [-0.2, 0) is 23.8 Å². The molecule has 0 bridgehead atoms. The average molecular weight is 609 g/mol. The van der Waals surface area contributed by atoms with E-state index in [-0.39, 0.29) is 48.2 Å². The number of carbonyl (C=O) groups is 2. The summed E-state index contributed by atoms with van der Waals surface area (Å²) in [5.41, 5.74) is 0.929. The molecule has 0 amide bonds. The Balaban J connectivity index is 2.54. The minimum absolute atomic E-state index is 0.0296. The van der Waals surface area contributed by atoms with Crippen LogP contribution < -0.4 is 0 Å². The first-order valence-electron chi connectivity index (χ1n) is 16.3. The Morgan fingerprint density at radius 3 is 2.30 bits per heavy atom. The Bertz CT molecular complexity index is 938. The van der Waals surface area contributed by atoms with Gasteiger partial charge in [0.2, 0.25) is 0 Å². The Morgan fingerprint density at radius 1 is 1.02 bits per heavy atom. The number of allylic oxidation sites excluding steroid dienone is 3. The lowest BCUT2D eigenvalue weighted by atomic mass is 9.79. The Morgan fingerprint density at radius 2 is 1.70 bits per heavy atom. The number of aliphatic hydroxyl groups is 2. The smallest absolute Gasteiger partial charge is 0.308 e. The fraction of sp³-hybridized carbons (Fsp3) is 0.824. The third kappa shape index (κ3) is 11.4. The molecule has 1 saturated heterocycles. The molecule has 0 aliphatic carbocycles. The number of likely N-dealkylation sites (N-methyl/N-ethyl adjacent to an activating group) is 1. The first-order valence-corrected chi connectivity index (χ1v) is 16.3. The maximum atomic E-state index is 13.3. The highest BCUT2D eigenvalue weighted by Gasteiger charge is 2.43. The van der Waals surface area contributed by atoms with Crippen LogP contribution in [0.4, 0.5) is 0 Å². The van der Waals surface area contributed by atoms with Crippen molar-refractivity contribution in [2.75, 3.05) is 34.2 Å². The van der Waals surface area contributed by atoms with Gasteiger partial charge in [-0.2, -0.15) is 0 Å². The van der Waals surface area contributed by atoms with E-state index < -0.39 is 36.5 Å². The van der Waals surface area contributed by atoms with Gasteiger partial charge in [0.1, 0.15) is 12.2 Å². The summed E-state index contributed by atoms with van der Waals surface area (Å²) in [7, 11) is 5.91. The van der Waals surface area contributed by atoms with E-state index in [1.165, 1.54) is 0 Å². The molecule has 0 aromatic carbocycles. The summed E-state index contributed by atoms with van der Waals surface area (Å²) in [6.07, 6.45) is 3.92. The van der Waals surface area contributed by atoms with Crippen LogP contribution in [0, 0.1) is 23.7 Å². The molecule has 0 spiro atoms. The topological polar surface area (TPSA) is 109 Å². The molecule has 2 rings (SSSR count). The van der Waals surface area contributed by atoms with Crippen LogP contribution >= 0.6 is 0 Å². The van der Waals surface area contributed by atoms with Crippen molar-refractivity contribution < 1.29 is 34.0 Å². The van der Waals surface area contributed by atoms with Crippen molar-refractivity contribution in [2.45, 2.75) is 123 Å². The van der Waals surface area contributed by atoms with Crippen LogP contribution in [-0.4, -0.2) is 109 Å². The molecule has 248 valence electrons. The fourth-order valence-electron chi connectivity index (χ4n) is 6.32. The Hall–Kier alpha value is -1.62. The van der Waals surface area contributed by atoms with Gasteiger partial charge in [0.05, 0.1) is 24.7 Å². The third-order valence-electron chi connectivity index (χ3n) is 9.40. The molecule has 43 heavy (non-hydrogen) atoms. The van der Waals surface area contributed by atoms with E-state index in [1.54, 1.807) is 6.08 Å². The van der Waals surface area contributed by atoms with Crippen LogP contribution in [0.15, 0.2) is 23.8 Å². The number of aliphatic hydroxyl groups excluding tert-OH is 2. The van der Waals surface area contributed by atoms with E-state index in [2.05, 4.69) is 18.9 Å². The molecule has 11 atom stereocenters. The fourth-order valence-corrected chi connectivity index (χ4v) is 6.32. The van der Waals surface area contributed by atoms with Crippen molar-refractivity contribution in [3.63, 3.8) is 0 Å². The zero-order valence-corrected chi connectivity index (χ0v) is 28.4. The van der Waals surface area contributed by atoms with E-state index in [4.69, 9.17) is 14.2 Å². The predicted molar refractivity (Wildman–Crippen MR) is 169 cm³/mol. The minimum atomic E-state index is -1.05. The number of ether oxygens (including phenoxy) is 3. The van der Waals surface area contributed by atoms with E-state index in [1.807, 2.05) is 72.7 Å². The van der Waals surface area contributed by atoms with Crippen molar-refractivity contribution in [1.29, 1.82) is 0 Å². The van der Waals surface area contributed by atoms with E-state index >= 15 is 0 Å². The highest BCUT2D eigenvalue weighted by molar-refractivity contribution is 5.91. The summed E-state index contributed by atoms with van der Waals surface area (Å²) >= 11 is 0. The summed E-state index contributed by atoms with van der Waals surface area (Å²) in [5.74, 6) is -1.42. The van der Waals surface area contributed by atoms with Gasteiger partial charge in [0.15, 0.2) is 12.1 Å². The monoisotopic (exact) mass is 608 g/mol. The molecule has 0 aromatic rings. The largest absolute Gasteiger partial charge is 0.462 e. The molecular formula is C34H60N2O7. The number of rotatable bonds is 8. The van der Waals surface area contributed by atoms with E-state index in [9.17, 15) is 19.8 Å². The summed E-state index contributed by atoms with van der Waals surface area (Å²) in [5, 5.41) is 22.8. The van der Waals surface area contributed by atoms with Crippen molar-refractivity contribution >= 4 is 11.8 Å². The lowest BCUT2D eigenvalue weighted by Crippen LogP contribution is -2.56. The molecule has 2 N–H and O–H groups in total. The quantitative estimate of drug-likeness (QED) is 0.392. The SMILES string of the molecule is CC[C@H]1OC(=O)CC(O)[C@H](C)[C@@H](O[C@@H]2O[C@H](C)C[C@H](N(C)C)[C@H]2O)[C@@H](CCN(C)CC)C[C@@H](C)C(=O)/C=C/C(C)=C/[C@@H]1C. The molecule has 9 nitrogen and oxygen atoms in total. The number of ketones is 1. The van der Waals surface area contributed by atoms with Gasteiger partial charge in [-0.15, -0.1) is 0 Å². The highest BCUT2D eigenvalue weighted by Crippen LogP contribution is 2.34. The first kappa shape index (κ1) is 37.6. The zero-order valence-electron chi connectivity index (χ0n) is 28.4. The first-order chi connectivity index (χ1) is 20.2. The number of esters is 1. The molecule has 2 heterocycles. The lowest BCUT2D eigenvalue weighted by molar-refractivity contribution is -0.283. The molecule has 0 radical (unpaired) electrons. The van der Waals surface area contributed by atoms with Crippen molar-refractivity contribution in [2.24, 2.45) is 23.7 Å². The number of cyclic esters (lactones) is 1. The molecule has 0 saturated carbocycles. The standard InChI is InChI=1S/C34H60N2O7/c1-11-30-23(5)17-21(3)13-14-28(37)22(4)18-26(15-16-36(10)12-2)33(25(7)29(38)20-31(39)42-30)43-34-32(40)27(35(8)9)19-24(6)41-34/h13-14,17,22-27,29-30,32-34,38,40H,11-12,15-16,18-20H2,1-10H3/b14-13+,21-17+/t22-,23+,24-,25+,26+,27+,29?,30-,32-,33-,34+/m1/s1. The van der Waals surface area contributed by atoms with Crippen LogP contribution in [0.5, 0.6) is 0 Å². The maximum Gasteiger partial charge on any atom is 0.308 e. The summed E-state index contributed by atoms with van der Waals surface area (Å²) in [4.78, 5) is 30.6. The van der Waals surface area contributed by atoms with Gasteiger partial charge in [-0.05, 0) is 85.8 Å².